The van der Waals surface area contributed by atoms with E-state index < -0.39 is 23.9 Å². The number of methoxy groups -OCH3 is 1. The molecular formula is C16H18F3N3O4. The Bertz CT molecular complexity index is 731. The molecule has 2 aromatic rings. The van der Waals surface area contributed by atoms with Gasteiger partial charge in [0.25, 0.3) is 5.91 Å². The van der Waals surface area contributed by atoms with Gasteiger partial charge in [0.2, 0.25) is 5.82 Å². The van der Waals surface area contributed by atoms with Crippen molar-refractivity contribution in [2.24, 2.45) is 5.92 Å². The highest BCUT2D eigenvalue weighted by molar-refractivity contribution is 5.77. The normalized spacial score (nSPS) is 12.8. The van der Waals surface area contributed by atoms with Gasteiger partial charge in [0.15, 0.2) is 0 Å². The summed E-state index contributed by atoms with van der Waals surface area (Å²) in [5.74, 6) is -2.55. The zero-order valence-electron chi connectivity index (χ0n) is 14.2. The summed E-state index contributed by atoms with van der Waals surface area (Å²) in [6, 6.07) is 6.05. The lowest BCUT2D eigenvalue weighted by Gasteiger charge is -2.20. The Morgan fingerprint density at radius 1 is 1.35 bits per heavy atom. The number of carbonyl (C=O) groups excluding carboxylic acids is 1. The van der Waals surface area contributed by atoms with Gasteiger partial charge >= 0.3 is 12.1 Å². The van der Waals surface area contributed by atoms with E-state index in [1.807, 2.05) is 6.92 Å². The van der Waals surface area contributed by atoms with Gasteiger partial charge in [-0.1, -0.05) is 36.3 Å². The molecule has 1 atom stereocenters. The minimum atomic E-state index is -4.71. The zero-order valence-corrected chi connectivity index (χ0v) is 14.2. The third-order valence-electron chi connectivity index (χ3n) is 3.68. The molecule has 1 unspecified atom stereocenters. The first-order valence-corrected chi connectivity index (χ1v) is 7.75. The van der Waals surface area contributed by atoms with Crippen LogP contribution in [0.3, 0.4) is 0 Å². The van der Waals surface area contributed by atoms with Crippen LogP contribution in [-0.4, -0.2) is 40.0 Å². The maximum atomic E-state index is 12.5. The van der Waals surface area contributed by atoms with Gasteiger partial charge in [0.05, 0.1) is 19.1 Å². The molecule has 0 saturated heterocycles. The van der Waals surface area contributed by atoms with E-state index in [-0.39, 0.29) is 19.0 Å². The van der Waals surface area contributed by atoms with Gasteiger partial charge in [0.1, 0.15) is 0 Å². The monoisotopic (exact) mass is 373 g/mol. The molecule has 26 heavy (non-hydrogen) atoms. The highest BCUT2D eigenvalue weighted by Crippen LogP contribution is 2.29. The maximum absolute atomic E-state index is 12.5. The van der Waals surface area contributed by atoms with Crippen molar-refractivity contribution >= 4 is 5.91 Å². The van der Waals surface area contributed by atoms with E-state index in [0.717, 1.165) is 0 Å². The molecule has 0 aliphatic carbocycles. The Kier molecular flexibility index (Phi) is 6.32. The molecule has 10 heteroatoms. The quantitative estimate of drug-likeness (QED) is 0.592. The van der Waals surface area contributed by atoms with Crippen molar-refractivity contribution in [3.8, 4) is 11.4 Å². The summed E-state index contributed by atoms with van der Waals surface area (Å²) in [4.78, 5) is 15.4. The Labute approximate surface area is 147 Å². The van der Waals surface area contributed by atoms with E-state index in [4.69, 9.17) is 4.74 Å². The van der Waals surface area contributed by atoms with Crippen molar-refractivity contribution in [2.45, 2.75) is 26.1 Å². The third-order valence-corrected chi connectivity index (χ3v) is 3.68. The molecular weight excluding hydrogens is 355 g/mol. The number of hydrogen-bond acceptors (Lipinski definition) is 6. The Morgan fingerprint density at radius 3 is 2.50 bits per heavy atom. The molecule has 142 valence electrons. The van der Waals surface area contributed by atoms with Crippen LogP contribution in [0.15, 0.2) is 28.8 Å². The number of hydroxylamine groups is 2. The fraction of sp³-hybridized carbons (Fsp3) is 0.438. The van der Waals surface area contributed by atoms with E-state index in [1.165, 1.54) is 19.2 Å². The number of benzene rings is 1. The molecule has 2 rings (SSSR count). The van der Waals surface area contributed by atoms with Crippen LogP contribution in [-0.2, 0) is 22.3 Å². The first kappa shape index (κ1) is 19.9. The molecule has 0 radical (unpaired) electrons. The van der Waals surface area contributed by atoms with Crippen LogP contribution in [0, 0.1) is 5.92 Å². The zero-order chi connectivity index (χ0) is 19.3. The molecule has 1 N–H and O–H groups in total. The topological polar surface area (TPSA) is 88.7 Å². The van der Waals surface area contributed by atoms with Crippen LogP contribution in [0.1, 0.15) is 24.8 Å². The van der Waals surface area contributed by atoms with Crippen molar-refractivity contribution < 1.29 is 32.4 Å². The maximum Gasteiger partial charge on any atom is 0.471 e. The summed E-state index contributed by atoms with van der Waals surface area (Å²) < 4.78 is 46.6. The van der Waals surface area contributed by atoms with Crippen LogP contribution in [0.25, 0.3) is 11.4 Å². The second-order valence-electron chi connectivity index (χ2n) is 5.57. The summed E-state index contributed by atoms with van der Waals surface area (Å²) in [7, 11) is 1.47. The minimum Gasteiger partial charge on any atom is -0.384 e. The Balaban J connectivity index is 2.05. The predicted molar refractivity (Wildman–Crippen MR) is 82.7 cm³/mol. The molecule has 1 heterocycles. The van der Waals surface area contributed by atoms with Crippen molar-refractivity contribution in [3.05, 3.63) is 35.7 Å². The molecule has 1 aromatic carbocycles. The first-order chi connectivity index (χ1) is 12.3. The summed E-state index contributed by atoms with van der Waals surface area (Å²) in [6.45, 7) is 1.94. The van der Waals surface area contributed by atoms with E-state index in [9.17, 15) is 23.2 Å². The van der Waals surface area contributed by atoms with Crippen molar-refractivity contribution in [1.82, 2.24) is 15.2 Å². The number of alkyl halides is 3. The molecule has 0 aliphatic heterocycles. The SMILES string of the molecule is CCC(COC)C(=O)N(O)Cc1ccc(-c2noc(C(F)(F)F)n2)cc1. The second kappa shape index (κ2) is 8.28. The van der Waals surface area contributed by atoms with E-state index in [2.05, 4.69) is 14.7 Å². The van der Waals surface area contributed by atoms with Crippen LogP contribution in [0.5, 0.6) is 0 Å². The van der Waals surface area contributed by atoms with E-state index in [1.54, 1.807) is 12.1 Å². The lowest BCUT2D eigenvalue weighted by atomic mass is 10.1. The Hall–Kier alpha value is -2.46. The standard InChI is InChI=1S/C16H18F3N3O4/c1-3-11(9-25-2)14(23)22(24)8-10-4-6-12(7-5-10)13-20-15(26-21-13)16(17,18)19/h4-7,11,24H,3,8-9H2,1-2H3. The number of carbonyl (C=O) groups is 1. The van der Waals surface area contributed by atoms with Gasteiger partial charge in [0, 0.05) is 12.7 Å². The number of aromatic nitrogens is 2. The highest BCUT2D eigenvalue weighted by Gasteiger charge is 2.38. The predicted octanol–water partition coefficient (Wildman–Crippen LogP) is 3.15. The van der Waals surface area contributed by atoms with Gasteiger partial charge in [-0.15, -0.1) is 0 Å². The van der Waals surface area contributed by atoms with Crippen molar-refractivity contribution in [3.63, 3.8) is 0 Å². The first-order valence-electron chi connectivity index (χ1n) is 7.75. The summed E-state index contributed by atoms with van der Waals surface area (Å²) in [5, 5.41) is 13.8. The van der Waals surface area contributed by atoms with Crippen LogP contribution >= 0.6 is 0 Å². The van der Waals surface area contributed by atoms with Crippen molar-refractivity contribution in [2.75, 3.05) is 13.7 Å². The lowest BCUT2D eigenvalue weighted by Crippen LogP contribution is -2.34. The number of amides is 1. The molecule has 0 fully saturated rings. The largest absolute Gasteiger partial charge is 0.471 e. The molecule has 1 aromatic heterocycles. The molecule has 0 saturated carbocycles. The van der Waals surface area contributed by atoms with E-state index >= 15 is 0 Å². The van der Waals surface area contributed by atoms with Gasteiger partial charge in [-0.05, 0) is 12.0 Å². The molecule has 0 spiro atoms. The lowest BCUT2D eigenvalue weighted by molar-refractivity contribution is -0.174. The van der Waals surface area contributed by atoms with Gasteiger partial charge < -0.3 is 9.26 Å². The van der Waals surface area contributed by atoms with Gasteiger partial charge in [-0.3, -0.25) is 10.0 Å². The molecule has 0 bridgehead atoms. The smallest absolute Gasteiger partial charge is 0.384 e. The number of halogens is 3. The fourth-order valence-corrected chi connectivity index (χ4v) is 2.24. The Morgan fingerprint density at radius 2 is 2.00 bits per heavy atom. The average molecular weight is 373 g/mol. The molecule has 7 nitrogen and oxygen atoms in total. The van der Waals surface area contributed by atoms with Crippen LogP contribution in [0.2, 0.25) is 0 Å². The van der Waals surface area contributed by atoms with Gasteiger partial charge in [-0.25, -0.2) is 5.06 Å². The number of nitrogens with zero attached hydrogens (tertiary/aromatic N) is 3. The van der Waals surface area contributed by atoms with E-state index in [0.29, 0.717) is 22.6 Å². The third kappa shape index (κ3) is 4.79. The average Bonchev–Trinajstić information content (AvgIpc) is 3.10. The summed E-state index contributed by atoms with van der Waals surface area (Å²) >= 11 is 0. The van der Waals surface area contributed by atoms with Crippen molar-refractivity contribution in [1.29, 1.82) is 0 Å². The van der Waals surface area contributed by atoms with Crippen LogP contribution in [0.4, 0.5) is 13.2 Å². The summed E-state index contributed by atoms with van der Waals surface area (Å²) in [6.07, 6.45) is -4.19. The number of hydrogen-bond donors (Lipinski definition) is 1. The second-order valence-corrected chi connectivity index (χ2v) is 5.57. The molecule has 1 amide bonds. The molecule has 0 aliphatic rings. The number of ether oxygens (including phenoxy) is 1. The highest BCUT2D eigenvalue weighted by atomic mass is 19.4. The summed E-state index contributed by atoms with van der Waals surface area (Å²) in [5.41, 5.74) is 0.894. The minimum absolute atomic E-state index is 0.0701. The van der Waals surface area contributed by atoms with Gasteiger partial charge in [-0.2, -0.15) is 18.2 Å². The number of rotatable bonds is 7. The van der Waals surface area contributed by atoms with Crippen LogP contribution < -0.4 is 0 Å². The fourth-order valence-electron chi connectivity index (χ4n) is 2.24.